The largest absolute Gasteiger partial charge is 0.481 e. The second kappa shape index (κ2) is 11.0. The fraction of sp³-hybridized carbons (Fsp3) is 0.444. The minimum Gasteiger partial charge on any atom is -0.481 e. The van der Waals surface area contributed by atoms with Crippen molar-refractivity contribution in [2.75, 3.05) is 5.75 Å². The molecule has 1 heterocycles. The number of amides is 1. The third-order valence-electron chi connectivity index (χ3n) is 3.66. The van der Waals surface area contributed by atoms with Gasteiger partial charge in [-0.05, 0) is 18.2 Å². The summed E-state index contributed by atoms with van der Waals surface area (Å²) in [5.41, 5.74) is 0.980. The van der Waals surface area contributed by atoms with Gasteiger partial charge in [0.25, 0.3) is 0 Å². The average Bonchev–Trinajstić information content (AvgIpc) is 2.95. The molecule has 1 aromatic carbocycles. The normalized spacial score (nSPS) is 18.6. The number of hydrogen-bond donors (Lipinski definition) is 2. The van der Waals surface area contributed by atoms with Gasteiger partial charge < -0.3 is 10.4 Å². The molecule has 0 aliphatic carbocycles. The molecule has 8 heteroatoms. The van der Waals surface area contributed by atoms with Gasteiger partial charge in [0.1, 0.15) is 5.25 Å². The SMILES string of the molecule is CCCCCCSc1ccccc1C=NN=C1NC(=O)C(CC(=O)O)S1. The molecule has 2 N–H and O–H groups in total. The lowest BCUT2D eigenvalue weighted by atomic mass is 10.2. The number of amidine groups is 1. The summed E-state index contributed by atoms with van der Waals surface area (Å²) < 4.78 is 0. The van der Waals surface area contributed by atoms with Crippen LogP contribution in [0.1, 0.15) is 44.6 Å². The molecule has 1 unspecified atom stereocenters. The molecule has 1 saturated heterocycles. The van der Waals surface area contributed by atoms with E-state index in [-0.39, 0.29) is 12.3 Å². The lowest BCUT2D eigenvalue weighted by Crippen LogP contribution is -2.26. The van der Waals surface area contributed by atoms with Gasteiger partial charge in [-0.25, -0.2) is 0 Å². The van der Waals surface area contributed by atoms with Crippen molar-refractivity contribution in [3.05, 3.63) is 29.8 Å². The number of unbranched alkanes of at least 4 members (excludes halogenated alkanes) is 3. The molecule has 0 spiro atoms. The Balaban J connectivity index is 1.92. The Morgan fingerprint density at radius 3 is 2.92 bits per heavy atom. The number of carboxylic acids is 1. The van der Waals surface area contributed by atoms with Gasteiger partial charge in [0, 0.05) is 10.5 Å². The van der Waals surface area contributed by atoms with Gasteiger partial charge >= 0.3 is 5.97 Å². The number of hydrogen-bond acceptors (Lipinski definition) is 6. The van der Waals surface area contributed by atoms with Crippen LogP contribution in [0, 0.1) is 0 Å². The van der Waals surface area contributed by atoms with Crippen molar-refractivity contribution in [1.29, 1.82) is 0 Å². The zero-order chi connectivity index (χ0) is 18.8. The van der Waals surface area contributed by atoms with E-state index in [1.54, 1.807) is 6.21 Å². The second-order valence-corrected chi connectivity index (χ2v) is 8.12. The van der Waals surface area contributed by atoms with Crippen LogP contribution in [0.5, 0.6) is 0 Å². The zero-order valence-electron chi connectivity index (χ0n) is 14.7. The molecule has 1 aromatic rings. The lowest BCUT2D eigenvalue weighted by Gasteiger charge is -2.04. The Kier molecular flexibility index (Phi) is 8.70. The minimum absolute atomic E-state index is 0.225. The topological polar surface area (TPSA) is 91.1 Å². The van der Waals surface area contributed by atoms with E-state index in [1.165, 1.54) is 25.7 Å². The van der Waals surface area contributed by atoms with E-state index in [0.29, 0.717) is 5.17 Å². The molecule has 0 bridgehead atoms. The molecular formula is C18H23N3O3S2. The fourth-order valence-corrected chi connectivity index (χ4v) is 4.26. The number of aliphatic carboxylic acids is 1. The molecule has 0 saturated carbocycles. The maximum Gasteiger partial charge on any atom is 0.305 e. The molecule has 26 heavy (non-hydrogen) atoms. The van der Waals surface area contributed by atoms with E-state index in [4.69, 9.17) is 5.11 Å². The number of nitrogens with one attached hydrogen (secondary N) is 1. The molecule has 0 radical (unpaired) electrons. The molecule has 2 rings (SSSR count). The van der Waals surface area contributed by atoms with Gasteiger partial charge in [0.15, 0.2) is 5.17 Å². The zero-order valence-corrected chi connectivity index (χ0v) is 16.3. The van der Waals surface area contributed by atoms with Crippen LogP contribution in [0.15, 0.2) is 39.4 Å². The first-order chi connectivity index (χ1) is 12.6. The monoisotopic (exact) mass is 393 g/mol. The Labute approximate surface area is 161 Å². The molecule has 140 valence electrons. The molecule has 1 fully saturated rings. The summed E-state index contributed by atoms with van der Waals surface area (Å²) in [6.45, 7) is 2.20. The van der Waals surface area contributed by atoms with Crippen LogP contribution in [0.4, 0.5) is 0 Å². The quantitative estimate of drug-likeness (QED) is 0.273. The second-order valence-electron chi connectivity index (χ2n) is 5.79. The number of rotatable bonds is 10. The van der Waals surface area contributed by atoms with Crippen molar-refractivity contribution in [3.63, 3.8) is 0 Å². The van der Waals surface area contributed by atoms with Crippen molar-refractivity contribution in [2.45, 2.75) is 49.2 Å². The van der Waals surface area contributed by atoms with Gasteiger partial charge in [-0.2, -0.15) is 5.10 Å². The van der Waals surface area contributed by atoms with Gasteiger partial charge in [0.05, 0.1) is 12.6 Å². The molecule has 1 aliphatic heterocycles. The summed E-state index contributed by atoms with van der Waals surface area (Å²) in [5, 5.41) is 19.1. The van der Waals surface area contributed by atoms with Crippen LogP contribution < -0.4 is 5.32 Å². The Hall–Kier alpha value is -1.80. The van der Waals surface area contributed by atoms with Crippen molar-refractivity contribution >= 4 is 46.8 Å². The third-order valence-corrected chi connectivity index (χ3v) is 5.90. The highest BCUT2D eigenvalue weighted by atomic mass is 32.2. The molecule has 0 aromatic heterocycles. The van der Waals surface area contributed by atoms with Crippen LogP contribution in [0.25, 0.3) is 0 Å². The van der Waals surface area contributed by atoms with E-state index in [2.05, 4.69) is 28.5 Å². The van der Waals surface area contributed by atoms with Crippen LogP contribution in [0.3, 0.4) is 0 Å². The molecule has 1 atom stereocenters. The Morgan fingerprint density at radius 2 is 2.15 bits per heavy atom. The van der Waals surface area contributed by atoms with Crippen molar-refractivity contribution in [3.8, 4) is 0 Å². The summed E-state index contributed by atoms with van der Waals surface area (Å²) in [7, 11) is 0. The number of carboxylic acid groups (broad SMARTS) is 1. The first-order valence-corrected chi connectivity index (χ1v) is 10.5. The standard InChI is InChI=1S/C18H23N3O3S2/c1-2-3-4-7-10-25-14-9-6-5-8-13(14)12-19-21-18-20-17(24)15(26-18)11-16(22)23/h5-6,8-9,12,15H,2-4,7,10-11H2,1H3,(H,22,23)(H,20,21,24). The number of benzene rings is 1. The number of thioether (sulfide) groups is 2. The molecule has 1 amide bonds. The predicted molar refractivity (Wildman–Crippen MR) is 108 cm³/mol. The summed E-state index contributed by atoms with van der Waals surface area (Å²) in [6, 6.07) is 7.99. The van der Waals surface area contributed by atoms with Crippen LogP contribution in [-0.4, -0.2) is 39.4 Å². The highest BCUT2D eigenvalue weighted by molar-refractivity contribution is 8.15. The smallest absolute Gasteiger partial charge is 0.305 e. The van der Waals surface area contributed by atoms with Crippen LogP contribution >= 0.6 is 23.5 Å². The first-order valence-electron chi connectivity index (χ1n) is 8.62. The van der Waals surface area contributed by atoms with Crippen molar-refractivity contribution < 1.29 is 14.7 Å². The van der Waals surface area contributed by atoms with E-state index < -0.39 is 11.2 Å². The van der Waals surface area contributed by atoms with E-state index in [9.17, 15) is 9.59 Å². The third kappa shape index (κ3) is 6.84. The maximum atomic E-state index is 11.7. The Bertz CT molecular complexity index is 692. The highest BCUT2D eigenvalue weighted by Gasteiger charge is 2.32. The van der Waals surface area contributed by atoms with E-state index in [1.807, 2.05) is 30.0 Å². The molecule has 6 nitrogen and oxygen atoms in total. The summed E-state index contributed by atoms with van der Waals surface area (Å²) in [5.74, 6) is -0.274. The molecule has 1 aliphatic rings. The van der Waals surface area contributed by atoms with Crippen molar-refractivity contribution in [2.24, 2.45) is 10.2 Å². The maximum absolute atomic E-state index is 11.7. The number of carbonyl (C=O) groups excluding carboxylic acids is 1. The van der Waals surface area contributed by atoms with Crippen LogP contribution in [-0.2, 0) is 9.59 Å². The van der Waals surface area contributed by atoms with Gasteiger partial charge in [-0.3, -0.25) is 9.59 Å². The van der Waals surface area contributed by atoms with E-state index >= 15 is 0 Å². The van der Waals surface area contributed by atoms with Gasteiger partial charge in [-0.1, -0.05) is 56.1 Å². The van der Waals surface area contributed by atoms with Gasteiger partial charge in [0.2, 0.25) is 5.91 Å². The Morgan fingerprint density at radius 1 is 1.35 bits per heavy atom. The average molecular weight is 394 g/mol. The summed E-state index contributed by atoms with van der Waals surface area (Å²) in [4.78, 5) is 23.5. The molecular weight excluding hydrogens is 370 g/mol. The van der Waals surface area contributed by atoms with Crippen LogP contribution in [0.2, 0.25) is 0 Å². The minimum atomic E-state index is -1.01. The van der Waals surface area contributed by atoms with Crippen molar-refractivity contribution in [1.82, 2.24) is 5.32 Å². The van der Waals surface area contributed by atoms with E-state index in [0.717, 1.165) is 28.0 Å². The first kappa shape index (κ1) is 20.5. The lowest BCUT2D eigenvalue weighted by molar-refractivity contribution is -0.138. The van der Waals surface area contributed by atoms with Gasteiger partial charge in [-0.15, -0.1) is 16.9 Å². The number of carbonyl (C=O) groups is 2. The number of nitrogens with zero attached hydrogens (tertiary/aromatic N) is 2. The summed E-state index contributed by atoms with van der Waals surface area (Å²) in [6.07, 6.45) is 6.39. The summed E-state index contributed by atoms with van der Waals surface area (Å²) >= 11 is 2.91. The highest BCUT2D eigenvalue weighted by Crippen LogP contribution is 2.24. The predicted octanol–water partition coefficient (Wildman–Crippen LogP) is 3.76. The fourth-order valence-electron chi connectivity index (χ4n) is 2.32.